The number of aliphatic carboxylic acids is 1. The van der Waals surface area contributed by atoms with Gasteiger partial charge in [0.2, 0.25) is 5.91 Å². The highest BCUT2D eigenvalue weighted by Gasteiger charge is 2.42. The van der Waals surface area contributed by atoms with Crippen molar-refractivity contribution in [3.05, 3.63) is 71.0 Å². The van der Waals surface area contributed by atoms with Crippen LogP contribution in [0.5, 0.6) is 0 Å². The SMILES string of the molecule is COCCNc1ccc(-n2cc(-c3cnc(C(=O)Nc4ccc(C(=O)N5CCN(C(=O)C6CC[N+](CC(=O)O)(CC7CNC7)CC6)CC5)c(Cl)c4)n3C)c(C(F)(F)F)n2)nc1. The predicted octanol–water partition coefficient (Wildman–Crippen LogP) is 3.47. The van der Waals surface area contributed by atoms with E-state index in [0.29, 0.717) is 81.4 Å². The van der Waals surface area contributed by atoms with E-state index >= 15 is 0 Å². The highest BCUT2D eigenvalue weighted by molar-refractivity contribution is 6.34. The van der Waals surface area contributed by atoms with Crippen LogP contribution < -0.4 is 16.0 Å². The van der Waals surface area contributed by atoms with Gasteiger partial charge in [-0.15, -0.1) is 0 Å². The van der Waals surface area contributed by atoms with Crippen molar-refractivity contribution in [1.82, 2.24) is 39.4 Å². The van der Waals surface area contributed by atoms with Crippen LogP contribution >= 0.6 is 11.6 Å². The molecule has 4 N–H and O–H groups in total. The number of likely N-dealkylation sites (tertiary alicyclic amines) is 1. The summed E-state index contributed by atoms with van der Waals surface area (Å²) in [5, 5.41) is 22.4. The maximum atomic E-state index is 14.2. The lowest BCUT2D eigenvalue weighted by molar-refractivity contribution is -0.929. The number of hydrogen-bond acceptors (Lipinski definition) is 10. The lowest BCUT2D eigenvalue weighted by atomic mass is 9.90. The fourth-order valence-electron chi connectivity index (χ4n) is 8.27. The van der Waals surface area contributed by atoms with Gasteiger partial charge in [0.25, 0.3) is 11.8 Å². The van der Waals surface area contributed by atoms with Gasteiger partial charge in [-0.2, -0.15) is 18.3 Å². The molecule has 7 rings (SSSR count). The van der Waals surface area contributed by atoms with Crippen molar-refractivity contribution in [3.8, 4) is 17.1 Å². The molecule has 1 aromatic carbocycles. The van der Waals surface area contributed by atoms with Crippen LogP contribution in [0, 0.1) is 11.8 Å². The van der Waals surface area contributed by atoms with Crippen LogP contribution in [-0.4, -0.2) is 153 Å². The Morgan fingerprint density at radius 2 is 1.70 bits per heavy atom. The maximum Gasteiger partial charge on any atom is 0.435 e. The molecule has 21 heteroatoms. The van der Waals surface area contributed by atoms with Crippen molar-refractivity contribution in [2.24, 2.45) is 18.9 Å². The zero-order valence-corrected chi connectivity index (χ0v) is 34.5. The molecule has 0 spiro atoms. The number of anilines is 2. The third-order valence-electron chi connectivity index (χ3n) is 11.6. The Morgan fingerprint density at radius 3 is 2.31 bits per heavy atom. The molecule has 0 radical (unpaired) electrons. The minimum atomic E-state index is -4.84. The van der Waals surface area contributed by atoms with Gasteiger partial charge in [-0.3, -0.25) is 14.4 Å². The Bertz CT molecular complexity index is 2250. The van der Waals surface area contributed by atoms with Gasteiger partial charge >= 0.3 is 12.1 Å². The number of carboxylic acid groups (broad SMARTS) is 1. The number of carboxylic acids is 1. The number of carbonyl (C=O) groups excluding carboxylic acids is 3. The second kappa shape index (κ2) is 18.2. The summed E-state index contributed by atoms with van der Waals surface area (Å²) in [5.41, 5.74) is -0.447. The number of piperazine rings is 1. The second-order valence-corrected chi connectivity index (χ2v) is 16.2. The number of ether oxygens (including phenoxy) is 1. The van der Waals surface area contributed by atoms with E-state index in [1.54, 1.807) is 23.0 Å². The van der Waals surface area contributed by atoms with Crippen LogP contribution in [0.4, 0.5) is 24.5 Å². The molecule has 0 unspecified atom stereocenters. The first-order valence-corrected chi connectivity index (χ1v) is 20.4. The number of amides is 3. The monoisotopic (exact) mass is 870 g/mol. The number of pyridine rings is 1. The van der Waals surface area contributed by atoms with Gasteiger partial charge in [-0.25, -0.2) is 19.4 Å². The molecule has 326 valence electrons. The minimum Gasteiger partial charge on any atom is -0.477 e. The number of imidazole rings is 1. The van der Waals surface area contributed by atoms with E-state index in [2.05, 4.69) is 31.0 Å². The zero-order valence-electron chi connectivity index (χ0n) is 33.8. The van der Waals surface area contributed by atoms with Gasteiger partial charge in [0.1, 0.15) is 0 Å². The van der Waals surface area contributed by atoms with Crippen molar-refractivity contribution in [3.63, 3.8) is 0 Å². The van der Waals surface area contributed by atoms with E-state index in [9.17, 15) is 37.5 Å². The molecule has 0 bridgehead atoms. The molecule has 17 nitrogen and oxygen atoms in total. The standard InChI is InChI=1S/C40H47ClF3N11O6/c1-51-32(30-22-54(50-35(30)40(42,43)44)33-6-4-28(20-47-33)46-9-16-61-2)21-48-36(51)37(58)49-27-3-5-29(31(41)17-27)39(60)53-12-10-52(11-13-53)38(59)26-7-14-55(15-8-26,24-34(56)57)23-25-18-45-19-25/h3-6,17,20-22,25-26,45-46H,7-16,18-19,23-24H2,1-2H3,(H-,49,56,57,58,60)/p+1. The minimum absolute atomic E-state index is 0.0183. The highest BCUT2D eigenvalue weighted by atomic mass is 35.5. The summed E-state index contributed by atoms with van der Waals surface area (Å²) in [6.45, 7) is 6.21. The van der Waals surface area contributed by atoms with E-state index in [1.165, 1.54) is 48.3 Å². The number of halogens is 4. The van der Waals surface area contributed by atoms with Crippen LogP contribution in [0.3, 0.4) is 0 Å². The predicted molar refractivity (Wildman–Crippen MR) is 217 cm³/mol. The molecule has 6 heterocycles. The molecule has 3 aliphatic rings. The first-order chi connectivity index (χ1) is 29.1. The van der Waals surface area contributed by atoms with Crippen LogP contribution in [0.2, 0.25) is 5.02 Å². The van der Waals surface area contributed by atoms with Crippen molar-refractivity contribution in [1.29, 1.82) is 0 Å². The average molecular weight is 871 g/mol. The summed E-state index contributed by atoms with van der Waals surface area (Å²) in [4.78, 5) is 63.9. The Kier molecular flexibility index (Phi) is 13.0. The molecule has 3 saturated heterocycles. The topological polar surface area (TPSA) is 189 Å². The van der Waals surface area contributed by atoms with E-state index in [0.717, 1.165) is 30.5 Å². The molecule has 0 aliphatic carbocycles. The third-order valence-corrected chi connectivity index (χ3v) is 12.0. The molecule has 0 saturated carbocycles. The molecule has 3 aliphatic heterocycles. The van der Waals surface area contributed by atoms with E-state index in [4.69, 9.17) is 16.3 Å². The van der Waals surface area contributed by atoms with E-state index in [1.807, 2.05) is 0 Å². The van der Waals surface area contributed by atoms with Crippen LogP contribution in [0.25, 0.3) is 17.1 Å². The van der Waals surface area contributed by atoms with E-state index < -0.39 is 23.7 Å². The van der Waals surface area contributed by atoms with E-state index in [-0.39, 0.29) is 63.5 Å². The van der Waals surface area contributed by atoms with Crippen LogP contribution in [0.15, 0.2) is 48.9 Å². The number of nitrogens with zero attached hydrogens (tertiary/aromatic N) is 8. The highest BCUT2D eigenvalue weighted by Crippen LogP contribution is 2.37. The van der Waals surface area contributed by atoms with Gasteiger partial charge in [-0.05, 0) is 30.3 Å². The Morgan fingerprint density at radius 1 is 1.00 bits per heavy atom. The number of hydrogen-bond donors (Lipinski definition) is 4. The Hall–Kier alpha value is -5.57. The third kappa shape index (κ3) is 9.82. The average Bonchev–Trinajstić information content (AvgIpc) is 3.84. The number of benzene rings is 1. The number of nitrogens with one attached hydrogen (secondary N) is 3. The largest absolute Gasteiger partial charge is 0.477 e. The number of piperidine rings is 1. The Balaban J connectivity index is 0.951. The number of quaternary nitrogens is 1. The van der Waals surface area contributed by atoms with Crippen molar-refractivity contribution in [2.75, 3.05) is 96.3 Å². The quantitative estimate of drug-likeness (QED) is 0.107. The first kappa shape index (κ1) is 43.5. The molecule has 3 fully saturated rings. The molecule has 3 aromatic heterocycles. The smallest absolute Gasteiger partial charge is 0.435 e. The second-order valence-electron chi connectivity index (χ2n) is 15.8. The van der Waals surface area contributed by atoms with Gasteiger partial charge in [0.15, 0.2) is 23.9 Å². The normalized spacial score (nSPS) is 19.7. The first-order valence-electron chi connectivity index (χ1n) is 20.0. The molecule has 61 heavy (non-hydrogen) atoms. The lowest BCUT2D eigenvalue weighted by Crippen LogP contribution is -2.62. The number of alkyl halides is 3. The fraction of sp³-hybridized carbons (Fsp3) is 0.475. The summed E-state index contributed by atoms with van der Waals surface area (Å²) in [5.74, 6) is -1.65. The lowest BCUT2D eigenvalue weighted by Gasteiger charge is -2.46. The van der Waals surface area contributed by atoms with Crippen LogP contribution in [-0.2, 0) is 27.5 Å². The summed E-state index contributed by atoms with van der Waals surface area (Å²) in [6, 6.07) is 7.55. The van der Waals surface area contributed by atoms with Crippen LogP contribution in [0.1, 0.15) is 39.5 Å². The Labute approximate surface area is 354 Å². The van der Waals surface area contributed by atoms with Gasteiger partial charge in [0.05, 0.1) is 66.2 Å². The molecule has 4 aromatic rings. The zero-order chi connectivity index (χ0) is 43.5. The number of rotatable bonds is 14. The molecule has 0 atom stereocenters. The van der Waals surface area contributed by atoms with Crippen molar-refractivity contribution in [2.45, 2.75) is 19.0 Å². The van der Waals surface area contributed by atoms with Crippen molar-refractivity contribution >= 4 is 46.7 Å². The molecular weight excluding hydrogens is 823 g/mol. The summed E-state index contributed by atoms with van der Waals surface area (Å²) < 4.78 is 50.5. The number of methoxy groups -OCH3 is 1. The van der Waals surface area contributed by atoms with Gasteiger partial charge in [0, 0.05) is 96.5 Å². The summed E-state index contributed by atoms with van der Waals surface area (Å²) in [7, 11) is 2.97. The fourth-order valence-corrected chi connectivity index (χ4v) is 8.54. The van der Waals surface area contributed by atoms with Crippen molar-refractivity contribution < 1.29 is 46.7 Å². The summed E-state index contributed by atoms with van der Waals surface area (Å²) >= 11 is 6.56. The van der Waals surface area contributed by atoms with Gasteiger partial charge < -0.3 is 44.6 Å². The molecule has 3 amide bonds. The maximum absolute atomic E-state index is 14.2. The number of carbonyl (C=O) groups is 4. The molecular formula is C40H48ClF3N11O6+. The number of aromatic nitrogens is 5. The summed E-state index contributed by atoms with van der Waals surface area (Å²) in [6.07, 6.45) is 0.207. The van der Waals surface area contributed by atoms with Gasteiger partial charge in [-0.1, -0.05) is 11.6 Å².